The lowest BCUT2D eigenvalue weighted by atomic mass is 9.98. The molecular formula is C18H18Cl2N4O. The Morgan fingerprint density at radius 2 is 1.68 bits per heavy atom. The van der Waals surface area contributed by atoms with E-state index in [2.05, 4.69) is 15.1 Å². The molecule has 130 valence electrons. The summed E-state index contributed by atoms with van der Waals surface area (Å²) in [4.78, 5) is 8.81. The fourth-order valence-electron chi connectivity index (χ4n) is 3.13. The predicted molar refractivity (Wildman–Crippen MR) is 99.6 cm³/mol. The highest BCUT2D eigenvalue weighted by Gasteiger charge is 2.36. The molecule has 7 heteroatoms. The molecule has 1 aliphatic rings. The van der Waals surface area contributed by atoms with Crippen LogP contribution in [0.4, 0.5) is 0 Å². The lowest BCUT2D eigenvalue weighted by Crippen LogP contribution is -2.34. The van der Waals surface area contributed by atoms with E-state index in [9.17, 15) is 0 Å². The highest BCUT2D eigenvalue weighted by molar-refractivity contribution is 6.30. The Morgan fingerprint density at radius 1 is 1.00 bits per heavy atom. The number of hydrogen-bond donors (Lipinski definition) is 1. The molecule has 0 saturated heterocycles. The summed E-state index contributed by atoms with van der Waals surface area (Å²) < 4.78 is 5.44. The monoisotopic (exact) mass is 376 g/mol. The molecule has 3 aromatic rings. The van der Waals surface area contributed by atoms with Crippen molar-refractivity contribution in [3.63, 3.8) is 0 Å². The lowest BCUT2D eigenvalue weighted by Gasteiger charge is -2.17. The maximum absolute atomic E-state index is 6.39. The number of nitrogens with two attached hydrogens (primary N) is 1. The zero-order chi connectivity index (χ0) is 16.6. The Bertz CT molecular complexity index is 858. The minimum Gasteiger partial charge on any atom is -0.334 e. The van der Waals surface area contributed by atoms with Gasteiger partial charge < -0.3 is 10.3 Å². The van der Waals surface area contributed by atoms with Crippen molar-refractivity contribution in [2.45, 2.75) is 31.2 Å². The van der Waals surface area contributed by atoms with Crippen LogP contribution >= 0.6 is 24.0 Å². The summed E-state index contributed by atoms with van der Waals surface area (Å²) in [6.07, 6.45) is 7.52. The quantitative estimate of drug-likeness (QED) is 0.722. The maximum Gasteiger partial charge on any atom is 0.259 e. The zero-order valence-corrected chi connectivity index (χ0v) is 15.1. The van der Waals surface area contributed by atoms with Crippen LogP contribution in [0.2, 0.25) is 5.02 Å². The van der Waals surface area contributed by atoms with E-state index in [4.69, 9.17) is 21.9 Å². The molecule has 0 bridgehead atoms. The van der Waals surface area contributed by atoms with Gasteiger partial charge in [-0.25, -0.2) is 0 Å². The number of aromatic nitrogens is 3. The van der Waals surface area contributed by atoms with Crippen molar-refractivity contribution in [1.29, 1.82) is 0 Å². The first-order chi connectivity index (χ1) is 11.6. The summed E-state index contributed by atoms with van der Waals surface area (Å²) >= 11 is 5.94. The van der Waals surface area contributed by atoms with Gasteiger partial charge in [-0.2, -0.15) is 4.98 Å². The minimum absolute atomic E-state index is 0. The van der Waals surface area contributed by atoms with E-state index >= 15 is 0 Å². The second-order valence-electron chi connectivity index (χ2n) is 6.26. The number of rotatable bonds is 3. The lowest BCUT2D eigenvalue weighted by molar-refractivity contribution is 0.372. The Morgan fingerprint density at radius 3 is 2.40 bits per heavy atom. The third kappa shape index (κ3) is 3.54. The highest BCUT2D eigenvalue weighted by Crippen LogP contribution is 2.35. The summed E-state index contributed by atoms with van der Waals surface area (Å²) in [6.45, 7) is 0. The van der Waals surface area contributed by atoms with Gasteiger partial charge in [0.05, 0.1) is 11.1 Å². The average Bonchev–Trinajstić information content (AvgIpc) is 3.26. The SMILES string of the molecule is Cl.NC1(c2noc(-c3cncc(-c4ccc(Cl)cc4)c3)n2)CCCC1. The van der Waals surface area contributed by atoms with E-state index < -0.39 is 5.54 Å². The van der Waals surface area contributed by atoms with Gasteiger partial charge in [-0.15, -0.1) is 12.4 Å². The molecule has 2 N–H and O–H groups in total. The van der Waals surface area contributed by atoms with Crippen LogP contribution in [0.5, 0.6) is 0 Å². The summed E-state index contributed by atoms with van der Waals surface area (Å²) in [5.74, 6) is 1.04. The smallest absolute Gasteiger partial charge is 0.259 e. The second kappa shape index (κ2) is 7.12. The molecule has 1 saturated carbocycles. The molecule has 25 heavy (non-hydrogen) atoms. The molecule has 0 amide bonds. The Kier molecular flexibility index (Phi) is 5.08. The van der Waals surface area contributed by atoms with Crippen LogP contribution in [0, 0.1) is 0 Å². The fourth-order valence-corrected chi connectivity index (χ4v) is 3.26. The number of hydrogen-bond acceptors (Lipinski definition) is 5. The molecule has 0 aliphatic heterocycles. The van der Waals surface area contributed by atoms with E-state index in [1.807, 2.05) is 30.3 Å². The molecular weight excluding hydrogens is 359 g/mol. The van der Waals surface area contributed by atoms with Crippen molar-refractivity contribution in [2.75, 3.05) is 0 Å². The third-order valence-electron chi connectivity index (χ3n) is 4.53. The van der Waals surface area contributed by atoms with E-state index in [1.54, 1.807) is 12.4 Å². The van der Waals surface area contributed by atoms with Gasteiger partial charge in [0, 0.05) is 23.0 Å². The Balaban J connectivity index is 0.00000182. The summed E-state index contributed by atoms with van der Waals surface area (Å²) in [6, 6.07) is 9.59. The molecule has 0 atom stereocenters. The second-order valence-corrected chi connectivity index (χ2v) is 6.69. The van der Waals surface area contributed by atoms with Gasteiger partial charge in [-0.1, -0.05) is 41.7 Å². The highest BCUT2D eigenvalue weighted by atomic mass is 35.5. The number of halogens is 2. The van der Waals surface area contributed by atoms with Crippen molar-refractivity contribution in [1.82, 2.24) is 15.1 Å². The first-order valence-corrected chi connectivity index (χ1v) is 8.36. The number of nitrogens with zero attached hydrogens (tertiary/aromatic N) is 3. The summed E-state index contributed by atoms with van der Waals surface area (Å²) in [5.41, 5.74) is 8.71. The van der Waals surface area contributed by atoms with E-state index in [1.165, 1.54) is 0 Å². The third-order valence-corrected chi connectivity index (χ3v) is 4.78. The van der Waals surface area contributed by atoms with Gasteiger partial charge in [0.2, 0.25) is 0 Å². The predicted octanol–water partition coefficient (Wildman–Crippen LogP) is 4.60. The van der Waals surface area contributed by atoms with Crippen molar-refractivity contribution in [3.05, 3.63) is 53.6 Å². The van der Waals surface area contributed by atoms with E-state index in [0.29, 0.717) is 16.7 Å². The Labute approximate surface area is 157 Å². The molecule has 1 fully saturated rings. The van der Waals surface area contributed by atoms with Crippen molar-refractivity contribution < 1.29 is 4.52 Å². The van der Waals surface area contributed by atoms with Crippen LogP contribution in [-0.4, -0.2) is 15.1 Å². The number of benzene rings is 1. The zero-order valence-electron chi connectivity index (χ0n) is 13.5. The minimum atomic E-state index is -0.455. The molecule has 0 unspecified atom stereocenters. The molecule has 5 nitrogen and oxygen atoms in total. The van der Waals surface area contributed by atoms with E-state index in [-0.39, 0.29) is 12.4 Å². The fraction of sp³-hybridized carbons (Fsp3) is 0.278. The van der Waals surface area contributed by atoms with Crippen LogP contribution < -0.4 is 5.73 Å². The maximum atomic E-state index is 6.39. The van der Waals surface area contributed by atoms with Gasteiger partial charge >= 0.3 is 0 Å². The van der Waals surface area contributed by atoms with Crippen LogP contribution in [0.15, 0.2) is 47.2 Å². The standard InChI is InChI=1S/C18H17ClN4O.ClH/c19-15-5-3-12(4-6-15)13-9-14(11-21-10-13)16-22-17(23-24-16)18(20)7-1-2-8-18;/h3-6,9-11H,1-2,7-8,20H2;1H. The van der Waals surface area contributed by atoms with E-state index in [0.717, 1.165) is 42.4 Å². The van der Waals surface area contributed by atoms with Crippen molar-refractivity contribution in [2.24, 2.45) is 5.73 Å². The molecule has 1 aromatic carbocycles. The topological polar surface area (TPSA) is 77.8 Å². The van der Waals surface area contributed by atoms with Gasteiger partial charge in [0.25, 0.3) is 5.89 Å². The van der Waals surface area contributed by atoms with Gasteiger partial charge in [0.1, 0.15) is 0 Å². The van der Waals surface area contributed by atoms with Crippen LogP contribution in [-0.2, 0) is 5.54 Å². The molecule has 4 rings (SSSR count). The van der Waals surface area contributed by atoms with Crippen LogP contribution in [0.1, 0.15) is 31.5 Å². The van der Waals surface area contributed by atoms with Gasteiger partial charge in [-0.3, -0.25) is 4.98 Å². The van der Waals surface area contributed by atoms with Gasteiger partial charge in [-0.05, 0) is 36.6 Å². The van der Waals surface area contributed by atoms with Crippen molar-refractivity contribution in [3.8, 4) is 22.6 Å². The average molecular weight is 377 g/mol. The van der Waals surface area contributed by atoms with Crippen molar-refractivity contribution >= 4 is 24.0 Å². The molecule has 2 aromatic heterocycles. The molecule has 1 aliphatic carbocycles. The largest absolute Gasteiger partial charge is 0.334 e. The normalized spacial score (nSPS) is 15.8. The Hall–Kier alpha value is -1.95. The van der Waals surface area contributed by atoms with Crippen LogP contribution in [0.25, 0.3) is 22.6 Å². The summed E-state index contributed by atoms with van der Waals surface area (Å²) in [7, 11) is 0. The number of pyridine rings is 1. The first kappa shape index (κ1) is 17.9. The molecule has 0 spiro atoms. The van der Waals surface area contributed by atoms with Crippen LogP contribution in [0.3, 0.4) is 0 Å². The first-order valence-electron chi connectivity index (χ1n) is 7.98. The molecule has 2 heterocycles. The summed E-state index contributed by atoms with van der Waals surface area (Å²) in [5, 5.41) is 4.81. The molecule has 0 radical (unpaired) electrons. The van der Waals surface area contributed by atoms with Gasteiger partial charge in [0.15, 0.2) is 5.82 Å².